The van der Waals surface area contributed by atoms with E-state index in [2.05, 4.69) is 15.3 Å². The number of H-pyrrole nitrogens is 1. The van der Waals surface area contributed by atoms with Crippen molar-refractivity contribution in [3.63, 3.8) is 0 Å². The van der Waals surface area contributed by atoms with Gasteiger partial charge in [0, 0.05) is 22.8 Å². The van der Waals surface area contributed by atoms with Gasteiger partial charge in [-0.25, -0.2) is 0 Å². The number of aliphatic hydroxyl groups excluding tert-OH is 1. The van der Waals surface area contributed by atoms with E-state index in [1.54, 1.807) is 4.68 Å². The Morgan fingerprint density at radius 3 is 2.71 bits per heavy atom. The van der Waals surface area contributed by atoms with E-state index in [9.17, 15) is 5.11 Å². The van der Waals surface area contributed by atoms with Crippen LogP contribution in [0.2, 0.25) is 0 Å². The average molecular weight is 318 g/mol. The maximum absolute atomic E-state index is 10.4. The Morgan fingerprint density at radius 1 is 1.12 bits per heavy atom. The topological polar surface area (TPSA) is 66.7 Å². The summed E-state index contributed by atoms with van der Waals surface area (Å²) in [5.74, 6) is 0. The second kappa shape index (κ2) is 5.94. The fraction of sp³-hybridized carbons (Fsp3) is 0.158. The van der Waals surface area contributed by atoms with E-state index in [1.165, 1.54) is 0 Å². The molecule has 0 bridgehead atoms. The van der Waals surface area contributed by atoms with Crippen molar-refractivity contribution in [3.8, 4) is 11.3 Å². The minimum Gasteiger partial charge on any atom is -0.386 e. The molecule has 2 aromatic heterocycles. The fourth-order valence-electron chi connectivity index (χ4n) is 2.92. The molecule has 0 saturated heterocycles. The third kappa shape index (κ3) is 2.70. The zero-order valence-electron chi connectivity index (χ0n) is 13.3. The highest BCUT2D eigenvalue weighted by Gasteiger charge is 2.13. The minimum absolute atomic E-state index is 0.414. The van der Waals surface area contributed by atoms with Gasteiger partial charge in [0.05, 0.1) is 23.9 Å². The normalized spacial score (nSPS) is 12.6. The van der Waals surface area contributed by atoms with Crippen molar-refractivity contribution in [2.24, 2.45) is 0 Å². The van der Waals surface area contributed by atoms with Gasteiger partial charge >= 0.3 is 0 Å². The third-order valence-electron chi connectivity index (χ3n) is 4.12. The number of nitrogens with one attached hydrogen (secondary N) is 1. The van der Waals surface area contributed by atoms with E-state index in [-0.39, 0.29) is 0 Å². The van der Waals surface area contributed by atoms with Crippen molar-refractivity contribution < 1.29 is 5.11 Å². The van der Waals surface area contributed by atoms with E-state index in [4.69, 9.17) is 0 Å². The summed E-state index contributed by atoms with van der Waals surface area (Å²) < 4.78 is 1.80. The number of rotatable bonds is 4. The summed E-state index contributed by atoms with van der Waals surface area (Å²) in [6.45, 7) is 2.40. The molecule has 120 valence electrons. The molecule has 2 N–H and O–H groups in total. The number of aryl methyl sites for hydroxylation is 1. The number of nitrogens with zero attached hydrogens (tertiary/aromatic N) is 3. The van der Waals surface area contributed by atoms with Gasteiger partial charge in [-0.3, -0.25) is 9.78 Å². The number of hydrogen-bond donors (Lipinski definition) is 2. The monoisotopic (exact) mass is 318 g/mol. The summed E-state index contributed by atoms with van der Waals surface area (Å²) in [7, 11) is 0. The molecule has 0 aliphatic rings. The van der Waals surface area contributed by atoms with E-state index < -0.39 is 6.10 Å². The molecule has 24 heavy (non-hydrogen) atoms. The number of benzene rings is 2. The smallest absolute Gasteiger partial charge is 0.0985 e. The van der Waals surface area contributed by atoms with Crippen LogP contribution in [0.15, 0.2) is 60.8 Å². The minimum atomic E-state index is -0.586. The van der Waals surface area contributed by atoms with Gasteiger partial charge in [0.1, 0.15) is 0 Å². The number of hydrogen-bond acceptors (Lipinski definition) is 3. The second-order valence-electron chi connectivity index (χ2n) is 5.95. The van der Waals surface area contributed by atoms with E-state index in [0.717, 1.165) is 33.4 Å². The Hall–Kier alpha value is -2.92. The molecule has 0 aliphatic heterocycles. The van der Waals surface area contributed by atoms with Crippen LogP contribution in [0.25, 0.3) is 22.2 Å². The molecule has 0 saturated carbocycles. The number of fused-ring (bicyclic) bond motifs is 1. The highest BCUT2D eigenvalue weighted by atomic mass is 16.3. The Kier molecular flexibility index (Phi) is 3.63. The maximum atomic E-state index is 10.4. The van der Waals surface area contributed by atoms with Crippen LogP contribution in [0.3, 0.4) is 0 Å². The lowest BCUT2D eigenvalue weighted by molar-refractivity contribution is 0.152. The van der Waals surface area contributed by atoms with Gasteiger partial charge in [-0.05, 0) is 24.6 Å². The molecule has 0 amide bonds. The van der Waals surface area contributed by atoms with Crippen LogP contribution in [0.1, 0.15) is 17.4 Å². The van der Waals surface area contributed by atoms with E-state index in [1.807, 2.05) is 67.7 Å². The molecule has 0 spiro atoms. The van der Waals surface area contributed by atoms with E-state index in [0.29, 0.717) is 6.54 Å². The summed E-state index contributed by atoms with van der Waals surface area (Å²) in [5, 5.41) is 23.3. The first-order valence-corrected chi connectivity index (χ1v) is 7.92. The Labute approximate surface area is 139 Å². The van der Waals surface area contributed by atoms with Crippen LogP contribution < -0.4 is 0 Å². The summed E-state index contributed by atoms with van der Waals surface area (Å²) in [6.07, 6.45) is 1.39. The predicted molar refractivity (Wildman–Crippen MR) is 93.5 cm³/mol. The van der Waals surface area contributed by atoms with Gasteiger partial charge < -0.3 is 5.11 Å². The Balaban J connectivity index is 1.69. The highest BCUT2D eigenvalue weighted by molar-refractivity contribution is 5.93. The molecular formula is C19H18N4O. The molecule has 4 rings (SSSR count). The quantitative estimate of drug-likeness (QED) is 0.605. The van der Waals surface area contributed by atoms with Crippen molar-refractivity contribution >= 4 is 10.9 Å². The zero-order valence-corrected chi connectivity index (χ0v) is 13.3. The standard InChI is InChI=1S/C19H18N4O/c1-13-10-18(21-20-13)15-8-5-9-17-16(15)11-23(22-17)12-19(24)14-6-3-2-4-7-14/h2-11,19,24H,12H2,1H3,(H,20,21)/t19-/m0/s1. The SMILES string of the molecule is Cc1cc(-c2cccc3nn(C[C@H](O)c4ccccc4)cc23)n[nH]1. The lowest BCUT2D eigenvalue weighted by Gasteiger charge is -2.10. The zero-order chi connectivity index (χ0) is 16.5. The molecule has 0 fully saturated rings. The molecule has 0 radical (unpaired) electrons. The largest absolute Gasteiger partial charge is 0.386 e. The van der Waals surface area contributed by atoms with Crippen LogP contribution in [0.5, 0.6) is 0 Å². The molecule has 2 heterocycles. The lowest BCUT2D eigenvalue weighted by atomic mass is 10.1. The first-order chi connectivity index (χ1) is 11.7. The molecule has 1 atom stereocenters. The number of aromatic nitrogens is 4. The maximum Gasteiger partial charge on any atom is 0.0985 e. The molecule has 4 aromatic rings. The van der Waals surface area contributed by atoms with Crippen LogP contribution in [-0.4, -0.2) is 25.1 Å². The first kappa shape index (κ1) is 14.7. The number of aromatic amines is 1. The molecule has 5 nitrogen and oxygen atoms in total. The lowest BCUT2D eigenvalue weighted by Crippen LogP contribution is -2.08. The summed E-state index contributed by atoms with van der Waals surface area (Å²) >= 11 is 0. The van der Waals surface area contributed by atoms with Crippen LogP contribution in [0.4, 0.5) is 0 Å². The molecule has 2 aromatic carbocycles. The van der Waals surface area contributed by atoms with Gasteiger partial charge in [0.15, 0.2) is 0 Å². The van der Waals surface area contributed by atoms with Gasteiger partial charge in [-0.15, -0.1) is 0 Å². The summed E-state index contributed by atoms with van der Waals surface area (Å²) in [4.78, 5) is 0. The Morgan fingerprint density at radius 2 is 1.96 bits per heavy atom. The van der Waals surface area contributed by atoms with Crippen molar-refractivity contribution in [2.45, 2.75) is 19.6 Å². The van der Waals surface area contributed by atoms with Gasteiger partial charge in [0.2, 0.25) is 0 Å². The summed E-state index contributed by atoms with van der Waals surface area (Å²) in [5.41, 5.74) is 4.75. The first-order valence-electron chi connectivity index (χ1n) is 7.92. The van der Waals surface area contributed by atoms with Crippen molar-refractivity contribution in [1.82, 2.24) is 20.0 Å². The molecule has 0 unspecified atom stereocenters. The summed E-state index contributed by atoms with van der Waals surface area (Å²) in [6, 6.07) is 17.7. The molecular weight excluding hydrogens is 300 g/mol. The molecule has 5 heteroatoms. The third-order valence-corrected chi connectivity index (χ3v) is 4.12. The van der Waals surface area contributed by atoms with Crippen molar-refractivity contribution in [3.05, 3.63) is 72.1 Å². The predicted octanol–water partition coefficient (Wildman–Crippen LogP) is 3.47. The van der Waals surface area contributed by atoms with Crippen LogP contribution >= 0.6 is 0 Å². The van der Waals surface area contributed by atoms with Gasteiger partial charge in [-0.1, -0.05) is 42.5 Å². The van der Waals surface area contributed by atoms with E-state index >= 15 is 0 Å². The second-order valence-corrected chi connectivity index (χ2v) is 5.95. The fourth-order valence-corrected chi connectivity index (χ4v) is 2.92. The van der Waals surface area contributed by atoms with Gasteiger partial charge in [0.25, 0.3) is 0 Å². The highest BCUT2D eigenvalue weighted by Crippen LogP contribution is 2.27. The number of aliphatic hydroxyl groups is 1. The van der Waals surface area contributed by atoms with Crippen LogP contribution in [-0.2, 0) is 6.54 Å². The Bertz CT molecular complexity index is 971. The van der Waals surface area contributed by atoms with Gasteiger partial charge in [-0.2, -0.15) is 10.2 Å². The van der Waals surface area contributed by atoms with Crippen molar-refractivity contribution in [1.29, 1.82) is 0 Å². The van der Waals surface area contributed by atoms with Crippen molar-refractivity contribution in [2.75, 3.05) is 0 Å². The van der Waals surface area contributed by atoms with Crippen LogP contribution in [0, 0.1) is 6.92 Å². The average Bonchev–Trinajstić information content (AvgIpc) is 3.21. The molecule has 0 aliphatic carbocycles.